The van der Waals surface area contributed by atoms with E-state index in [0.717, 1.165) is 11.3 Å². The van der Waals surface area contributed by atoms with Crippen LogP contribution in [0.4, 0.5) is 11.4 Å². The van der Waals surface area contributed by atoms with Crippen molar-refractivity contribution in [3.05, 3.63) is 83.4 Å². The third kappa shape index (κ3) is 2.91. The molecule has 0 fully saturated rings. The highest BCUT2D eigenvalue weighted by Crippen LogP contribution is 2.41. The van der Waals surface area contributed by atoms with E-state index in [4.69, 9.17) is 14.2 Å². The molecule has 150 valence electrons. The van der Waals surface area contributed by atoms with Crippen molar-refractivity contribution in [2.45, 2.75) is 6.17 Å². The Balaban J connectivity index is 1.59. The number of methoxy groups -OCH3 is 1. The lowest BCUT2D eigenvalue weighted by Crippen LogP contribution is -2.43. The number of nitrogens with zero attached hydrogens (tertiary/aromatic N) is 1. The number of esters is 1. The van der Waals surface area contributed by atoms with Crippen molar-refractivity contribution in [3.63, 3.8) is 0 Å². The van der Waals surface area contributed by atoms with Crippen LogP contribution in [0.2, 0.25) is 0 Å². The molecule has 0 spiro atoms. The number of fused-ring (bicyclic) bond motifs is 2. The Morgan fingerprint density at radius 1 is 1.03 bits per heavy atom. The molecule has 0 saturated carbocycles. The molecule has 7 nitrogen and oxygen atoms in total. The fraction of sp³-hybridized carbons (Fsp3) is 0.130. The SMILES string of the molecule is COC(=O)c1ccc([C@H]2Nc3ccccc3C(=O)N2c2ccc3c(c2)OCO3)cc1. The Morgan fingerprint density at radius 3 is 2.60 bits per heavy atom. The summed E-state index contributed by atoms with van der Waals surface area (Å²) in [4.78, 5) is 26.9. The number of hydrogen-bond donors (Lipinski definition) is 1. The molecule has 2 aliphatic rings. The van der Waals surface area contributed by atoms with Gasteiger partial charge in [-0.05, 0) is 42.0 Å². The number of nitrogens with one attached hydrogen (secondary N) is 1. The number of hydrogen-bond acceptors (Lipinski definition) is 6. The largest absolute Gasteiger partial charge is 0.465 e. The maximum atomic E-state index is 13.5. The minimum absolute atomic E-state index is 0.134. The molecular formula is C23H18N2O5. The Morgan fingerprint density at radius 2 is 1.80 bits per heavy atom. The summed E-state index contributed by atoms with van der Waals surface area (Å²) in [6, 6.07) is 19.8. The number of rotatable bonds is 3. The molecule has 0 aliphatic carbocycles. The number of benzene rings is 3. The first-order valence-corrected chi connectivity index (χ1v) is 9.43. The van der Waals surface area contributed by atoms with Crippen LogP contribution in [0.3, 0.4) is 0 Å². The molecule has 0 saturated heterocycles. The van der Waals surface area contributed by atoms with Gasteiger partial charge in [0, 0.05) is 11.8 Å². The normalized spacial score (nSPS) is 16.6. The lowest BCUT2D eigenvalue weighted by atomic mass is 10.0. The third-order valence-corrected chi connectivity index (χ3v) is 5.21. The highest BCUT2D eigenvalue weighted by molar-refractivity contribution is 6.12. The first kappa shape index (κ1) is 18.1. The van der Waals surface area contributed by atoms with Gasteiger partial charge in [0.1, 0.15) is 6.17 Å². The van der Waals surface area contributed by atoms with Crippen LogP contribution < -0.4 is 19.7 Å². The monoisotopic (exact) mass is 402 g/mol. The lowest BCUT2D eigenvalue weighted by molar-refractivity contribution is 0.0600. The van der Waals surface area contributed by atoms with Crippen LogP contribution >= 0.6 is 0 Å². The number of amides is 1. The van der Waals surface area contributed by atoms with Gasteiger partial charge in [-0.25, -0.2) is 4.79 Å². The van der Waals surface area contributed by atoms with Gasteiger partial charge in [0.2, 0.25) is 6.79 Å². The zero-order valence-corrected chi connectivity index (χ0v) is 16.1. The second kappa shape index (κ2) is 7.11. The van der Waals surface area contributed by atoms with Crippen molar-refractivity contribution < 1.29 is 23.8 Å². The standard InChI is InChI=1S/C23H18N2O5/c1-28-23(27)15-8-6-14(7-9-15)21-24-18-5-3-2-4-17(18)22(26)25(21)16-10-11-19-20(12-16)30-13-29-19/h2-12,21,24H,13H2,1H3/t21-/m0/s1. The first-order chi connectivity index (χ1) is 14.7. The molecule has 0 bridgehead atoms. The Bertz CT molecular complexity index is 1140. The highest BCUT2D eigenvalue weighted by Gasteiger charge is 2.34. The highest BCUT2D eigenvalue weighted by atomic mass is 16.7. The summed E-state index contributed by atoms with van der Waals surface area (Å²) >= 11 is 0. The molecule has 1 amide bonds. The number of carbonyl (C=O) groups excluding carboxylic acids is 2. The van der Waals surface area contributed by atoms with Crippen LogP contribution in [0.5, 0.6) is 11.5 Å². The maximum absolute atomic E-state index is 13.5. The van der Waals surface area contributed by atoms with Crippen LogP contribution in [0.1, 0.15) is 32.4 Å². The van der Waals surface area contributed by atoms with E-state index in [1.807, 2.05) is 36.4 Å². The van der Waals surface area contributed by atoms with Gasteiger partial charge in [-0.15, -0.1) is 0 Å². The third-order valence-electron chi connectivity index (χ3n) is 5.21. The summed E-state index contributed by atoms with van der Waals surface area (Å²) in [6.45, 7) is 0.159. The number of carbonyl (C=O) groups is 2. The predicted octanol–water partition coefficient (Wildman–Crippen LogP) is 3.97. The van der Waals surface area contributed by atoms with Gasteiger partial charge < -0.3 is 19.5 Å². The second-order valence-corrected chi connectivity index (χ2v) is 6.92. The van der Waals surface area contributed by atoms with Crippen molar-refractivity contribution in [3.8, 4) is 11.5 Å². The van der Waals surface area contributed by atoms with Crippen LogP contribution in [-0.4, -0.2) is 25.8 Å². The number of anilines is 2. The van der Waals surface area contributed by atoms with E-state index in [-0.39, 0.29) is 12.7 Å². The van der Waals surface area contributed by atoms with Crippen molar-refractivity contribution >= 4 is 23.3 Å². The topological polar surface area (TPSA) is 77.1 Å². The fourth-order valence-corrected chi connectivity index (χ4v) is 3.71. The van der Waals surface area contributed by atoms with Crippen LogP contribution in [-0.2, 0) is 4.74 Å². The van der Waals surface area contributed by atoms with Gasteiger partial charge >= 0.3 is 5.97 Å². The van der Waals surface area contributed by atoms with Crippen LogP contribution in [0, 0.1) is 0 Å². The Labute approximate surface area is 172 Å². The van der Waals surface area contributed by atoms with Crippen molar-refractivity contribution in [1.29, 1.82) is 0 Å². The van der Waals surface area contributed by atoms with E-state index in [1.165, 1.54) is 7.11 Å². The smallest absolute Gasteiger partial charge is 0.337 e. The fourth-order valence-electron chi connectivity index (χ4n) is 3.71. The Hall–Kier alpha value is -4.00. The first-order valence-electron chi connectivity index (χ1n) is 9.43. The molecule has 1 atom stereocenters. The zero-order valence-electron chi connectivity index (χ0n) is 16.1. The summed E-state index contributed by atoms with van der Waals surface area (Å²) in [7, 11) is 1.34. The molecule has 30 heavy (non-hydrogen) atoms. The average molecular weight is 402 g/mol. The minimum Gasteiger partial charge on any atom is -0.465 e. The summed E-state index contributed by atoms with van der Waals surface area (Å²) in [5, 5.41) is 3.44. The van der Waals surface area contributed by atoms with Crippen LogP contribution in [0.15, 0.2) is 66.7 Å². The molecule has 5 rings (SSSR count). The lowest BCUT2D eigenvalue weighted by Gasteiger charge is -2.38. The molecule has 0 aromatic heterocycles. The molecule has 7 heteroatoms. The van der Waals surface area contributed by atoms with Gasteiger partial charge in [0.25, 0.3) is 5.91 Å². The quantitative estimate of drug-likeness (QED) is 0.668. The van der Waals surface area contributed by atoms with Gasteiger partial charge in [-0.1, -0.05) is 24.3 Å². The molecule has 2 aliphatic heterocycles. The summed E-state index contributed by atoms with van der Waals surface area (Å²) in [6.07, 6.45) is -0.473. The average Bonchev–Trinajstić information content (AvgIpc) is 3.26. The number of para-hydroxylation sites is 1. The summed E-state index contributed by atoms with van der Waals surface area (Å²) in [5.74, 6) is 0.701. The molecule has 1 N–H and O–H groups in total. The van der Waals surface area contributed by atoms with E-state index >= 15 is 0 Å². The molecule has 0 radical (unpaired) electrons. The predicted molar refractivity (Wildman–Crippen MR) is 110 cm³/mol. The molecule has 2 heterocycles. The van der Waals surface area contributed by atoms with E-state index in [1.54, 1.807) is 35.2 Å². The van der Waals surface area contributed by atoms with Gasteiger partial charge in [-0.2, -0.15) is 0 Å². The van der Waals surface area contributed by atoms with Crippen LogP contribution in [0.25, 0.3) is 0 Å². The van der Waals surface area contributed by atoms with Crippen molar-refractivity contribution in [1.82, 2.24) is 0 Å². The zero-order chi connectivity index (χ0) is 20.7. The van der Waals surface area contributed by atoms with Crippen molar-refractivity contribution in [2.75, 3.05) is 24.1 Å². The molecule has 3 aromatic carbocycles. The molecular weight excluding hydrogens is 384 g/mol. The number of ether oxygens (including phenoxy) is 3. The van der Waals surface area contributed by atoms with Gasteiger partial charge in [0.05, 0.1) is 23.9 Å². The molecule has 0 unspecified atom stereocenters. The van der Waals surface area contributed by atoms with E-state index < -0.39 is 12.1 Å². The minimum atomic E-state index is -0.473. The van der Waals surface area contributed by atoms with Crippen molar-refractivity contribution in [2.24, 2.45) is 0 Å². The van der Waals surface area contributed by atoms with E-state index in [2.05, 4.69) is 5.32 Å². The van der Waals surface area contributed by atoms with E-state index in [0.29, 0.717) is 28.3 Å². The van der Waals surface area contributed by atoms with Gasteiger partial charge in [0.15, 0.2) is 11.5 Å². The maximum Gasteiger partial charge on any atom is 0.337 e. The van der Waals surface area contributed by atoms with E-state index in [9.17, 15) is 9.59 Å². The second-order valence-electron chi connectivity index (χ2n) is 6.92. The molecule has 3 aromatic rings. The summed E-state index contributed by atoms with van der Waals surface area (Å²) in [5.41, 5.74) is 3.27. The van der Waals surface area contributed by atoms with Gasteiger partial charge in [-0.3, -0.25) is 9.69 Å². The Kier molecular flexibility index (Phi) is 4.28. The summed E-state index contributed by atoms with van der Waals surface area (Å²) < 4.78 is 15.7.